The van der Waals surface area contributed by atoms with Gasteiger partial charge in [-0.05, 0) is 56.6 Å². The van der Waals surface area contributed by atoms with Crippen molar-refractivity contribution in [1.29, 1.82) is 0 Å². The standard InChI is InChI=1S/C21H31N3O3/c25-14-8-3-1-2-7-11-17-18(20-13-12-19(17)27-20)15-22-24-21(26)23-16-9-5-4-6-10-16/h2,4-7,9-10,17-20,22,25H,1,3,8,11-15H2,(H2,23,24,26)/b7-2-. The molecule has 0 aliphatic carbocycles. The molecule has 3 rings (SSSR count). The van der Waals surface area contributed by atoms with E-state index < -0.39 is 0 Å². The lowest BCUT2D eigenvalue weighted by molar-refractivity contribution is 0.0870. The van der Waals surface area contributed by atoms with E-state index in [4.69, 9.17) is 9.84 Å². The number of aliphatic hydroxyl groups is 1. The topological polar surface area (TPSA) is 82.6 Å². The summed E-state index contributed by atoms with van der Waals surface area (Å²) in [6.45, 7) is 0.985. The first-order valence-electron chi connectivity index (χ1n) is 10.0. The summed E-state index contributed by atoms with van der Waals surface area (Å²) in [5.74, 6) is 0.923. The van der Waals surface area contributed by atoms with Crippen LogP contribution in [0, 0.1) is 11.8 Å². The van der Waals surface area contributed by atoms with E-state index in [1.54, 1.807) is 0 Å². The third kappa shape index (κ3) is 5.79. The number of hydrogen-bond acceptors (Lipinski definition) is 4. The number of hydrogen-bond donors (Lipinski definition) is 4. The lowest BCUT2D eigenvalue weighted by atomic mass is 9.77. The molecule has 0 radical (unpaired) electrons. The van der Waals surface area contributed by atoms with Gasteiger partial charge in [-0.25, -0.2) is 10.2 Å². The van der Waals surface area contributed by atoms with Crippen molar-refractivity contribution in [2.45, 2.75) is 50.7 Å². The van der Waals surface area contributed by atoms with Gasteiger partial charge >= 0.3 is 6.03 Å². The van der Waals surface area contributed by atoms with Crippen molar-refractivity contribution in [3.05, 3.63) is 42.5 Å². The van der Waals surface area contributed by atoms with Crippen molar-refractivity contribution < 1.29 is 14.6 Å². The fourth-order valence-corrected chi connectivity index (χ4v) is 4.16. The number of rotatable bonds is 10. The third-order valence-electron chi connectivity index (χ3n) is 5.52. The number of aliphatic hydroxyl groups excluding tert-OH is 1. The van der Waals surface area contributed by atoms with Gasteiger partial charge in [-0.15, -0.1) is 0 Å². The van der Waals surface area contributed by atoms with Gasteiger partial charge in [0.05, 0.1) is 12.2 Å². The van der Waals surface area contributed by atoms with Gasteiger partial charge in [-0.2, -0.15) is 0 Å². The molecule has 2 fully saturated rings. The molecule has 6 heteroatoms. The molecule has 1 aromatic carbocycles. The molecule has 2 aliphatic heterocycles. The van der Waals surface area contributed by atoms with Crippen molar-refractivity contribution in [1.82, 2.24) is 10.9 Å². The smallest absolute Gasteiger partial charge is 0.333 e. The number of ether oxygens (including phenoxy) is 1. The molecule has 4 unspecified atom stereocenters. The van der Waals surface area contributed by atoms with Crippen molar-refractivity contribution in [3.8, 4) is 0 Å². The number of para-hydroxylation sites is 1. The molecule has 27 heavy (non-hydrogen) atoms. The van der Waals surface area contributed by atoms with Gasteiger partial charge in [0.1, 0.15) is 0 Å². The summed E-state index contributed by atoms with van der Waals surface area (Å²) in [6.07, 6.45) is 11.3. The van der Waals surface area contributed by atoms with Gasteiger partial charge < -0.3 is 15.2 Å². The Balaban J connectivity index is 1.40. The lowest BCUT2D eigenvalue weighted by Crippen LogP contribution is -2.45. The first-order chi connectivity index (χ1) is 13.3. The van der Waals surface area contributed by atoms with E-state index >= 15 is 0 Å². The highest BCUT2D eigenvalue weighted by Gasteiger charge is 2.47. The highest BCUT2D eigenvalue weighted by molar-refractivity contribution is 5.88. The average Bonchev–Trinajstić information content (AvgIpc) is 3.27. The first-order valence-corrected chi connectivity index (χ1v) is 10.0. The van der Waals surface area contributed by atoms with Crippen molar-refractivity contribution in [3.63, 3.8) is 0 Å². The van der Waals surface area contributed by atoms with Crippen LogP contribution < -0.4 is 16.2 Å². The summed E-state index contributed by atoms with van der Waals surface area (Å²) in [7, 11) is 0. The van der Waals surface area contributed by atoms with Crippen LogP contribution in [-0.2, 0) is 4.74 Å². The minimum Gasteiger partial charge on any atom is -0.396 e. The van der Waals surface area contributed by atoms with E-state index in [1.807, 2.05) is 30.3 Å². The van der Waals surface area contributed by atoms with E-state index in [0.29, 0.717) is 30.6 Å². The maximum absolute atomic E-state index is 12.0. The van der Waals surface area contributed by atoms with Crippen LogP contribution in [0.1, 0.15) is 38.5 Å². The van der Waals surface area contributed by atoms with Gasteiger partial charge in [0.15, 0.2) is 0 Å². The van der Waals surface area contributed by atoms with Gasteiger partial charge in [0.25, 0.3) is 0 Å². The predicted molar refractivity (Wildman–Crippen MR) is 106 cm³/mol. The Hall–Kier alpha value is -1.89. The maximum atomic E-state index is 12.0. The molecule has 4 atom stereocenters. The zero-order chi connectivity index (χ0) is 18.9. The van der Waals surface area contributed by atoms with Gasteiger partial charge in [0.2, 0.25) is 0 Å². The second kappa shape index (κ2) is 10.4. The van der Waals surface area contributed by atoms with Crippen molar-refractivity contribution in [2.24, 2.45) is 11.8 Å². The summed E-state index contributed by atoms with van der Waals surface area (Å²) < 4.78 is 6.11. The van der Waals surface area contributed by atoms with Crippen molar-refractivity contribution in [2.75, 3.05) is 18.5 Å². The molecule has 0 aromatic heterocycles. The Morgan fingerprint density at radius 1 is 1.11 bits per heavy atom. The monoisotopic (exact) mass is 373 g/mol. The number of carbonyl (C=O) groups is 1. The highest BCUT2D eigenvalue weighted by atomic mass is 16.5. The van der Waals surface area contributed by atoms with Gasteiger partial charge in [-0.1, -0.05) is 30.4 Å². The number of unbranched alkanes of at least 4 members (excludes halogenated alkanes) is 2. The number of benzene rings is 1. The minimum atomic E-state index is -0.259. The molecule has 148 valence electrons. The Labute approximate surface area is 161 Å². The summed E-state index contributed by atoms with van der Waals surface area (Å²) in [5, 5.41) is 11.6. The van der Waals surface area contributed by atoms with Crippen LogP contribution in [0.15, 0.2) is 42.5 Å². The molecule has 6 nitrogen and oxygen atoms in total. The predicted octanol–water partition coefficient (Wildman–Crippen LogP) is 3.22. The van der Waals surface area contributed by atoms with E-state index in [1.165, 1.54) is 0 Å². The fraction of sp³-hybridized carbons (Fsp3) is 0.571. The van der Waals surface area contributed by atoms with Gasteiger partial charge in [-0.3, -0.25) is 5.43 Å². The number of allylic oxidation sites excluding steroid dienone is 2. The number of anilines is 1. The highest BCUT2D eigenvalue weighted by Crippen LogP contribution is 2.44. The molecule has 2 saturated heterocycles. The molecule has 0 spiro atoms. The van der Waals surface area contributed by atoms with E-state index in [2.05, 4.69) is 28.3 Å². The molecule has 4 N–H and O–H groups in total. The second-order valence-electron chi connectivity index (χ2n) is 7.37. The Bertz CT molecular complexity index is 608. The summed E-state index contributed by atoms with van der Waals surface area (Å²) in [5.41, 5.74) is 6.59. The Morgan fingerprint density at radius 2 is 1.89 bits per heavy atom. The summed E-state index contributed by atoms with van der Waals surface area (Å²) in [6, 6.07) is 9.14. The van der Waals surface area contributed by atoms with E-state index in [-0.39, 0.29) is 12.6 Å². The van der Waals surface area contributed by atoms with Crippen molar-refractivity contribution >= 4 is 11.7 Å². The number of urea groups is 1. The third-order valence-corrected chi connectivity index (χ3v) is 5.52. The van der Waals surface area contributed by atoms with Crippen LogP contribution in [0.3, 0.4) is 0 Å². The number of nitrogens with one attached hydrogen (secondary N) is 3. The Kier molecular flexibility index (Phi) is 7.68. The van der Waals surface area contributed by atoms with Crippen LogP contribution in [0.25, 0.3) is 0 Å². The number of fused-ring (bicyclic) bond motifs is 2. The second-order valence-corrected chi connectivity index (χ2v) is 7.37. The molecular formula is C21H31N3O3. The first kappa shape index (κ1) is 19.9. The molecule has 2 amide bonds. The molecule has 2 bridgehead atoms. The molecular weight excluding hydrogens is 342 g/mol. The quantitative estimate of drug-likeness (QED) is 0.288. The van der Waals surface area contributed by atoms with Crippen LogP contribution in [0.4, 0.5) is 10.5 Å². The number of amides is 2. The largest absolute Gasteiger partial charge is 0.396 e. The van der Waals surface area contributed by atoms with E-state index in [9.17, 15) is 4.79 Å². The van der Waals surface area contributed by atoms with Crippen LogP contribution in [0.2, 0.25) is 0 Å². The van der Waals surface area contributed by atoms with E-state index in [0.717, 1.165) is 44.2 Å². The van der Waals surface area contributed by atoms with Gasteiger partial charge in [0, 0.05) is 24.8 Å². The zero-order valence-electron chi connectivity index (χ0n) is 15.8. The number of carbonyl (C=O) groups excluding carboxylic acids is 1. The summed E-state index contributed by atoms with van der Waals surface area (Å²) >= 11 is 0. The Morgan fingerprint density at radius 3 is 2.67 bits per heavy atom. The molecule has 2 heterocycles. The summed E-state index contributed by atoms with van der Waals surface area (Å²) in [4.78, 5) is 12.0. The average molecular weight is 373 g/mol. The van der Waals surface area contributed by atoms with Crippen LogP contribution >= 0.6 is 0 Å². The van der Waals surface area contributed by atoms with Crippen LogP contribution in [0.5, 0.6) is 0 Å². The molecule has 1 aromatic rings. The SMILES string of the molecule is O=C(NNCC1C2CCC(O2)C1C/C=C\CCCCO)Nc1ccccc1. The number of hydrazine groups is 1. The normalized spacial score (nSPS) is 26.6. The van der Waals surface area contributed by atoms with Crippen LogP contribution in [-0.4, -0.2) is 36.5 Å². The molecule has 2 aliphatic rings. The minimum absolute atomic E-state index is 0.259. The fourth-order valence-electron chi connectivity index (χ4n) is 4.16. The maximum Gasteiger partial charge on any atom is 0.333 e. The molecule has 0 saturated carbocycles. The zero-order valence-corrected chi connectivity index (χ0v) is 15.8. The lowest BCUT2D eigenvalue weighted by Gasteiger charge is -2.27.